The standard InChI is InChI=1S/C12H13ClN2O4S/c1-8(2)10-5-9(20(13,16)17)3-4-11(10)18-6-12-14-7-19-15-12/h3-5,7-8H,6H2,1-2H3. The highest BCUT2D eigenvalue weighted by Gasteiger charge is 2.16. The molecule has 0 unspecified atom stereocenters. The van der Waals surface area contributed by atoms with E-state index < -0.39 is 9.05 Å². The molecule has 8 heteroatoms. The maximum absolute atomic E-state index is 11.4. The number of ether oxygens (including phenoxy) is 1. The summed E-state index contributed by atoms with van der Waals surface area (Å²) in [6.07, 6.45) is 1.21. The Hall–Kier alpha value is -1.60. The van der Waals surface area contributed by atoms with Crippen LogP contribution in [-0.4, -0.2) is 18.6 Å². The second kappa shape index (κ2) is 5.80. The molecule has 20 heavy (non-hydrogen) atoms. The molecule has 0 fully saturated rings. The van der Waals surface area contributed by atoms with Gasteiger partial charge in [0.05, 0.1) is 4.90 Å². The summed E-state index contributed by atoms with van der Waals surface area (Å²) in [6.45, 7) is 4.01. The van der Waals surface area contributed by atoms with Crippen molar-refractivity contribution in [2.75, 3.05) is 0 Å². The van der Waals surface area contributed by atoms with Gasteiger partial charge in [-0.3, -0.25) is 0 Å². The van der Waals surface area contributed by atoms with Crippen molar-refractivity contribution in [2.45, 2.75) is 31.3 Å². The summed E-state index contributed by atoms with van der Waals surface area (Å²) in [6, 6.07) is 4.49. The molecule has 0 amide bonds. The first-order valence-corrected chi connectivity index (χ1v) is 8.15. The van der Waals surface area contributed by atoms with Gasteiger partial charge in [0.1, 0.15) is 5.75 Å². The second-order valence-corrected chi connectivity index (χ2v) is 6.99. The zero-order valence-electron chi connectivity index (χ0n) is 10.9. The highest BCUT2D eigenvalue weighted by atomic mass is 35.7. The molecule has 0 saturated carbocycles. The lowest BCUT2D eigenvalue weighted by Gasteiger charge is -2.14. The highest BCUT2D eigenvalue weighted by Crippen LogP contribution is 2.30. The Labute approximate surface area is 121 Å². The van der Waals surface area contributed by atoms with E-state index in [4.69, 9.17) is 15.4 Å². The van der Waals surface area contributed by atoms with Crippen molar-refractivity contribution in [2.24, 2.45) is 0 Å². The van der Waals surface area contributed by atoms with Crippen LogP contribution in [-0.2, 0) is 15.7 Å². The minimum absolute atomic E-state index is 0.0507. The Balaban J connectivity index is 2.28. The average Bonchev–Trinajstić information content (AvgIpc) is 2.88. The summed E-state index contributed by atoms with van der Waals surface area (Å²) in [5, 5.41) is 3.63. The molecule has 108 valence electrons. The van der Waals surface area contributed by atoms with Crippen molar-refractivity contribution in [3.63, 3.8) is 0 Å². The summed E-state index contributed by atoms with van der Waals surface area (Å²) in [5.41, 5.74) is 0.746. The number of hydrogen-bond donors (Lipinski definition) is 0. The topological polar surface area (TPSA) is 82.3 Å². The number of benzene rings is 1. The fourth-order valence-electron chi connectivity index (χ4n) is 1.66. The molecule has 0 bridgehead atoms. The fourth-order valence-corrected chi connectivity index (χ4v) is 2.45. The van der Waals surface area contributed by atoms with Crippen molar-refractivity contribution in [1.82, 2.24) is 10.1 Å². The lowest BCUT2D eigenvalue weighted by Crippen LogP contribution is -2.03. The highest BCUT2D eigenvalue weighted by molar-refractivity contribution is 8.13. The summed E-state index contributed by atoms with van der Waals surface area (Å²) in [4.78, 5) is 3.89. The van der Waals surface area contributed by atoms with Crippen molar-refractivity contribution < 1.29 is 17.7 Å². The Morgan fingerprint density at radius 3 is 2.70 bits per heavy atom. The first-order chi connectivity index (χ1) is 9.38. The number of rotatable bonds is 5. The molecule has 2 rings (SSSR count). The lowest BCUT2D eigenvalue weighted by atomic mass is 10.0. The Bertz CT molecular complexity index is 683. The van der Waals surface area contributed by atoms with E-state index in [1.807, 2.05) is 13.8 Å². The van der Waals surface area contributed by atoms with Crippen LogP contribution in [0.1, 0.15) is 31.2 Å². The number of nitrogens with zero attached hydrogens (tertiary/aromatic N) is 2. The van der Waals surface area contributed by atoms with Crippen LogP contribution in [0.2, 0.25) is 0 Å². The van der Waals surface area contributed by atoms with Gasteiger partial charge in [-0.2, -0.15) is 4.98 Å². The van der Waals surface area contributed by atoms with E-state index in [0.717, 1.165) is 5.56 Å². The third kappa shape index (κ3) is 3.49. The molecule has 0 aliphatic carbocycles. The number of halogens is 1. The van der Waals surface area contributed by atoms with Crippen LogP contribution < -0.4 is 4.74 Å². The molecule has 0 radical (unpaired) electrons. The minimum atomic E-state index is -3.76. The third-order valence-electron chi connectivity index (χ3n) is 2.65. The predicted octanol–water partition coefficient (Wildman–Crippen LogP) is 2.70. The normalized spacial score (nSPS) is 11.8. The van der Waals surface area contributed by atoms with E-state index in [9.17, 15) is 8.42 Å². The molecule has 1 aromatic heterocycles. The van der Waals surface area contributed by atoms with Gasteiger partial charge in [0.15, 0.2) is 6.61 Å². The molecule has 0 saturated heterocycles. The molecular weight excluding hydrogens is 304 g/mol. The van der Waals surface area contributed by atoms with Gasteiger partial charge in [0.2, 0.25) is 12.2 Å². The molecule has 6 nitrogen and oxygen atoms in total. The summed E-state index contributed by atoms with van der Waals surface area (Å²) in [5.74, 6) is 1.05. The summed E-state index contributed by atoms with van der Waals surface area (Å²) in [7, 11) is 1.59. The van der Waals surface area contributed by atoms with Crippen LogP contribution in [0.25, 0.3) is 0 Å². The molecule has 0 N–H and O–H groups in total. The lowest BCUT2D eigenvalue weighted by molar-refractivity contribution is 0.282. The zero-order valence-corrected chi connectivity index (χ0v) is 12.5. The minimum Gasteiger partial charge on any atom is -0.485 e. The van der Waals surface area contributed by atoms with Crippen molar-refractivity contribution in [3.05, 3.63) is 36.0 Å². The van der Waals surface area contributed by atoms with Gasteiger partial charge in [0, 0.05) is 10.7 Å². The van der Waals surface area contributed by atoms with Crippen molar-refractivity contribution >= 4 is 19.7 Å². The van der Waals surface area contributed by atoms with Crippen LogP contribution in [0, 0.1) is 0 Å². The van der Waals surface area contributed by atoms with E-state index in [1.165, 1.54) is 18.5 Å². The van der Waals surface area contributed by atoms with E-state index >= 15 is 0 Å². The smallest absolute Gasteiger partial charge is 0.261 e. The van der Waals surface area contributed by atoms with Gasteiger partial charge >= 0.3 is 0 Å². The van der Waals surface area contributed by atoms with Crippen LogP contribution in [0.4, 0.5) is 0 Å². The van der Waals surface area contributed by atoms with Gasteiger partial charge in [-0.25, -0.2) is 8.42 Å². The molecule has 2 aromatic rings. The molecule has 0 spiro atoms. The van der Waals surface area contributed by atoms with Gasteiger partial charge in [0.25, 0.3) is 9.05 Å². The third-order valence-corrected chi connectivity index (χ3v) is 4.00. The molecule has 0 aliphatic rings. The van der Waals surface area contributed by atoms with Crippen LogP contribution in [0.3, 0.4) is 0 Å². The Morgan fingerprint density at radius 1 is 1.40 bits per heavy atom. The Morgan fingerprint density at radius 2 is 2.15 bits per heavy atom. The number of hydrogen-bond acceptors (Lipinski definition) is 6. The SMILES string of the molecule is CC(C)c1cc(S(=O)(=O)Cl)ccc1OCc1ncon1. The maximum atomic E-state index is 11.4. The van der Waals surface area contributed by atoms with Gasteiger partial charge in [-0.15, -0.1) is 0 Å². The molecule has 0 aliphatic heterocycles. The molecule has 0 atom stereocenters. The molecule has 1 aromatic carbocycles. The average molecular weight is 317 g/mol. The van der Waals surface area contributed by atoms with Crippen LogP contribution in [0.5, 0.6) is 5.75 Å². The van der Waals surface area contributed by atoms with E-state index in [-0.39, 0.29) is 17.4 Å². The van der Waals surface area contributed by atoms with Crippen molar-refractivity contribution in [3.8, 4) is 5.75 Å². The van der Waals surface area contributed by atoms with E-state index in [0.29, 0.717) is 11.6 Å². The largest absolute Gasteiger partial charge is 0.485 e. The fraction of sp³-hybridized carbons (Fsp3) is 0.333. The molecular formula is C12H13ClN2O4S. The Kier molecular flexibility index (Phi) is 4.29. The van der Waals surface area contributed by atoms with Gasteiger partial charge in [-0.05, 0) is 29.7 Å². The van der Waals surface area contributed by atoms with Crippen LogP contribution >= 0.6 is 10.7 Å². The van der Waals surface area contributed by atoms with Gasteiger partial charge < -0.3 is 9.26 Å². The molecule has 1 heterocycles. The van der Waals surface area contributed by atoms with Crippen molar-refractivity contribution in [1.29, 1.82) is 0 Å². The first-order valence-electron chi connectivity index (χ1n) is 5.84. The summed E-state index contributed by atoms with van der Waals surface area (Å²) >= 11 is 0. The van der Waals surface area contributed by atoms with E-state index in [2.05, 4.69) is 14.7 Å². The van der Waals surface area contributed by atoms with E-state index in [1.54, 1.807) is 6.07 Å². The maximum Gasteiger partial charge on any atom is 0.261 e. The number of aromatic nitrogens is 2. The van der Waals surface area contributed by atoms with Gasteiger partial charge in [-0.1, -0.05) is 19.0 Å². The monoisotopic (exact) mass is 316 g/mol. The quantitative estimate of drug-likeness (QED) is 0.789. The van der Waals surface area contributed by atoms with Crippen LogP contribution in [0.15, 0.2) is 34.0 Å². The second-order valence-electron chi connectivity index (χ2n) is 4.43. The zero-order chi connectivity index (χ0) is 14.8. The predicted molar refractivity (Wildman–Crippen MR) is 72.2 cm³/mol. The summed E-state index contributed by atoms with van der Waals surface area (Å²) < 4.78 is 32.9. The first kappa shape index (κ1) is 14.8.